The minimum absolute atomic E-state index is 0.0804. The molecule has 3 N–H and O–H groups in total. The van der Waals surface area contributed by atoms with Crippen LogP contribution in [0.4, 0.5) is 0 Å². The highest BCUT2D eigenvalue weighted by Crippen LogP contribution is 2.46. The van der Waals surface area contributed by atoms with Crippen LogP contribution in [0.3, 0.4) is 0 Å². The highest BCUT2D eigenvalue weighted by Gasteiger charge is 2.43. The van der Waals surface area contributed by atoms with E-state index in [4.69, 9.17) is 8.97 Å². The second-order valence-electron chi connectivity index (χ2n) is 8.84. The van der Waals surface area contributed by atoms with Gasteiger partial charge < -0.3 is 14.6 Å². The number of aliphatic hydroxyl groups is 2. The molecule has 0 saturated heterocycles. The second kappa shape index (κ2) is 11.3. The summed E-state index contributed by atoms with van der Waals surface area (Å²) >= 11 is 0. The van der Waals surface area contributed by atoms with Gasteiger partial charge in [-0.05, 0) is 55.4 Å². The lowest BCUT2D eigenvalue weighted by Gasteiger charge is -2.24. The van der Waals surface area contributed by atoms with Crippen LogP contribution in [0.2, 0.25) is 0 Å². The standard InChI is InChI=1S/C24H32N2O6S/c1-2-3-4-8-21(27)20-11-9-16(15-26-20)24-19(17(14-25)13-22(24)28)7-5-6-18-10-12-23(32-18)33(29,30)31/h9-12,15,17,19,21-22,24,27-28H,2-8,13H2,1H3,(H,29,30,31)/t17-,19?,21?,22+,24?/m0/s1. The summed E-state index contributed by atoms with van der Waals surface area (Å²) in [5.74, 6) is -0.176. The highest BCUT2D eigenvalue weighted by molar-refractivity contribution is 7.85. The first kappa shape index (κ1) is 25.4. The van der Waals surface area contributed by atoms with Gasteiger partial charge in [0.2, 0.25) is 5.09 Å². The molecule has 0 spiro atoms. The van der Waals surface area contributed by atoms with Gasteiger partial charge in [-0.2, -0.15) is 13.7 Å². The molecule has 3 unspecified atom stereocenters. The maximum Gasteiger partial charge on any atom is 0.328 e. The summed E-state index contributed by atoms with van der Waals surface area (Å²) in [4.78, 5) is 4.44. The van der Waals surface area contributed by atoms with Gasteiger partial charge in [0.25, 0.3) is 0 Å². The third-order valence-corrected chi connectivity index (χ3v) is 7.25. The Balaban J connectivity index is 1.66. The summed E-state index contributed by atoms with van der Waals surface area (Å²) in [6.07, 6.45) is 6.30. The summed E-state index contributed by atoms with van der Waals surface area (Å²) in [6.45, 7) is 2.11. The zero-order valence-electron chi connectivity index (χ0n) is 18.8. The van der Waals surface area contributed by atoms with E-state index in [2.05, 4.69) is 18.0 Å². The molecular formula is C24H32N2O6S. The van der Waals surface area contributed by atoms with E-state index in [0.717, 1.165) is 24.8 Å². The fraction of sp³-hybridized carbons (Fsp3) is 0.583. The van der Waals surface area contributed by atoms with Crippen molar-refractivity contribution in [2.24, 2.45) is 11.8 Å². The molecular weight excluding hydrogens is 444 g/mol. The first-order chi connectivity index (χ1) is 15.7. The van der Waals surface area contributed by atoms with E-state index in [-0.39, 0.29) is 17.8 Å². The number of aryl methyl sites for hydroxylation is 1. The van der Waals surface area contributed by atoms with Crippen molar-refractivity contribution in [1.29, 1.82) is 5.26 Å². The monoisotopic (exact) mass is 476 g/mol. The van der Waals surface area contributed by atoms with Gasteiger partial charge >= 0.3 is 10.1 Å². The third kappa shape index (κ3) is 6.42. The predicted molar refractivity (Wildman–Crippen MR) is 121 cm³/mol. The first-order valence-electron chi connectivity index (χ1n) is 11.5. The van der Waals surface area contributed by atoms with Crippen LogP contribution in [0.25, 0.3) is 0 Å². The lowest BCUT2D eigenvalue weighted by atomic mass is 9.81. The minimum Gasteiger partial charge on any atom is -0.447 e. The van der Waals surface area contributed by atoms with Gasteiger partial charge in [-0.25, -0.2) is 0 Å². The van der Waals surface area contributed by atoms with E-state index in [0.29, 0.717) is 43.6 Å². The molecule has 1 saturated carbocycles. The van der Waals surface area contributed by atoms with E-state index in [9.17, 15) is 23.9 Å². The number of nitrogens with zero attached hydrogens (tertiary/aromatic N) is 2. The van der Waals surface area contributed by atoms with Crippen LogP contribution in [-0.4, -0.2) is 34.3 Å². The Morgan fingerprint density at radius 1 is 1.24 bits per heavy atom. The molecule has 0 aliphatic heterocycles. The molecule has 2 aromatic rings. The Hall–Kier alpha value is -2.25. The predicted octanol–water partition coefficient (Wildman–Crippen LogP) is 4.16. The second-order valence-corrected chi connectivity index (χ2v) is 10.2. The summed E-state index contributed by atoms with van der Waals surface area (Å²) in [5.41, 5.74) is 1.46. The number of rotatable bonds is 11. The van der Waals surface area contributed by atoms with Crippen molar-refractivity contribution in [3.63, 3.8) is 0 Å². The van der Waals surface area contributed by atoms with Crippen LogP contribution < -0.4 is 0 Å². The van der Waals surface area contributed by atoms with Crippen molar-refractivity contribution in [2.45, 2.75) is 81.5 Å². The molecule has 0 amide bonds. The van der Waals surface area contributed by atoms with Crippen LogP contribution in [-0.2, 0) is 16.5 Å². The third-order valence-electron chi connectivity index (χ3n) is 6.52. The van der Waals surface area contributed by atoms with Crippen LogP contribution >= 0.6 is 0 Å². The first-order valence-corrected chi connectivity index (χ1v) is 13.0. The maximum absolute atomic E-state index is 11.2. The molecule has 2 heterocycles. The van der Waals surface area contributed by atoms with E-state index < -0.39 is 27.4 Å². The average Bonchev–Trinajstić information content (AvgIpc) is 3.38. The van der Waals surface area contributed by atoms with Crippen LogP contribution in [0.15, 0.2) is 40.0 Å². The largest absolute Gasteiger partial charge is 0.447 e. The Labute approximate surface area is 195 Å². The fourth-order valence-electron chi connectivity index (χ4n) is 4.81. The minimum atomic E-state index is -4.37. The molecule has 8 nitrogen and oxygen atoms in total. The van der Waals surface area contributed by atoms with E-state index in [1.807, 2.05) is 6.07 Å². The summed E-state index contributed by atoms with van der Waals surface area (Å²) in [6, 6.07) is 8.74. The van der Waals surface area contributed by atoms with Gasteiger partial charge in [0.15, 0.2) is 0 Å². The number of hydrogen-bond donors (Lipinski definition) is 3. The summed E-state index contributed by atoms with van der Waals surface area (Å²) in [5, 5.41) is 30.2. The number of aromatic nitrogens is 1. The zero-order valence-corrected chi connectivity index (χ0v) is 19.6. The van der Waals surface area contributed by atoms with Crippen LogP contribution in [0, 0.1) is 23.2 Å². The molecule has 3 rings (SSSR count). The average molecular weight is 477 g/mol. The van der Waals surface area contributed by atoms with Gasteiger partial charge in [0.05, 0.1) is 29.9 Å². The van der Waals surface area contributed by atoms with Gasteiger partial charge in [0, 0.05) is 18.5 Å². The molecule has 1 aliphatic carbocycles. The number of aliphatic hydroxyl groups excluding tert-OH is 2. The Morgan fingerprint density at radius 3 is 2.64 bits per heavy atom. The molecule has 9 heteroatoms. The van der Waals surface area contributed by atoms with Gasteiger partial charge in [0.1, 0.15) is 5.76 Å². The number of furan rings is 1. The number of hydrogen-bond acceptors (Lipinski definition) is 7. The Morgan fingerprint density at radius 2 is 2.03 bits per heavy atom. The van der Waals surface area contributed by atoms with Crippen molar-refractivity contribution >= 4 is 10.1 Å². The van der Waals surface area contributed by atoms with Crippen LogP contribution in [0.5, 0.6) is 0 Å². The molecule has 0 radical (unpaired) electrons. The molecule has 1 fully saturated rings. The van der Waals surface area contributed by atoms with Crippen molar-refractivity contribution in [2.75, 3.05) is 0 Å². The molecule has 33 heavy (non-hydrogen) atoms. The van der Waals surface area contributed by atoms with Gasteiger partial charge in [-0.3, -0.25) is 9.54 Å². The maximum atomic E-state index is 11.2. The quantitative estimate of drug-likeness (QED) is 0.324. The molecule has 5 atom stereocenters. The van der Waals surface area contributed by atoms with Gasteiger partial charge in [-0.1, -0.05) is 32.3 Å². The summed E-state index contributed by atoms with van der Waals surface area (Å²) < 4.78 is 36.6. The van der Waals surface area contributed by atoms with E-state index in [1.54, 1.807) is 12.3 Å². The normalized spacial score (nSPS) is 24.0. The zero-order chi connectivity index (χ0) is 24.0. The summed E-state index contributed by atoms with van der Waals surface area (Å²) in [7, 11) is -4.37. The Bertz CT molecular complexity index is 1040. The molecule has 0 aromatic carbocycles. The SMILES string of the molecule is CCCCCC(O)c1ccc(C2C(CCCc3ccc(S(=O)(=O)O)o3)[C@H](C#N)C[C@H]2O)cn1. The molecule has 1 aliphatic rings. The van der Waals surface area contributed by atoms with Crippen molar-refractivity contribution in [3.8, 4) is 6.07 Å². The smallest absolute Gasteiger partial charge is 0.328 e. The lowest BCUT2D eigenvalue weighted by molar-refractivity contribution is 0.151. The lowest BCUT2D eigenvalue weighted by Crippen LogP contribution is -2.19. The highest BCUT2D eigenvalue weighted by atomic mass is 32.2. The number of pyridine rings is 1. The number of unbranched alkanes of at least 4 members (excludes halogenated alkanes) is 2. The molecule has 0 bridgehead atoms. The van der Waals surface area contributed by atoms with Crippen molar-refractivity contribution in [3.05, 3.63) is 47.5 Å². The van der Waals surface area contributed by atoms with Crippen molar-refractivity contribution in [1.82, 2.24) is 4.98 Å². The van der Waals surface area contributed by atoms with Crippen LogP contribution in [0.1, 0.15) is 80.9 Å². The number of nitriles is 1. The van der Waals surface area contributed by atoms with Crippen molar-refractivity contribution < 1.29 is 27.6 Å². The van der Waals surface area contributed by atoms with E-state index in [1.165, 1.54) is 12.1 Å². The molecule has 2 aromatic heterocycles. The topological polar surface area (TPSA) is 145 Å². The Kier molecular flexibility index (Phi) is 8.65. The molecule has 180 valence electrons. The van der Waals surface area contributed by atoms with Gasteiger partial charge in [-0.15, -0.1) is 0 Å². The van der Waals surface area contributed by atoms with E-state index >= 15 is 0 Å². The fourth-order valence-corrected chi connectivity index (χ4v) is 5.26.